The summed E-state index contributed by atoms with van der Waals surface area (Å²) in [6, 6.07) is 8.81. The predicted molar refractivity (Wildman–Crippen MR) is 61.0 cm³/mol. The van der Waals surface area contributed by atoms with Crippen LogP contribution in [0.5, 0.6) is 0 Å². The van der Waals surface area contributed by atoms with E-state index in [0.29, 0.717) is 12.0 Å². The van der Waals surface area contributed by atoms with Gasteiger partial charge >= 0.3 is 5.97 Å². The van der Waals surface area contributed by atoms with Crippen molar-refractivity contribution in [3.05, 3.63) is 48.0 Å². The second kappa shape index (κ2) is 5.12. The molecule has 0 saturated carbocycles. The summed E-state index contributed by atoms with van der Waals surface area (Å²) in [5.41, 5.74) is 0.602. The summed E-state index contributed by atoms with van der Waals surface area (Å²) in [6.45, 7) is 0. The van der Waals surface area contributed by atoms with Gasteiger partial charge in [0.15, 0.2) is 0 Å². The van der Waals surface area contributed by atoms with Gasteiger partial charge in [0, 0.05) is 12.5 Å². The third-order valence-electron chi connectivity index (χ3n) is 2.74. The van der Waals surface area contributed by atoms with Crippen LogP contribution in [0.1, 0.15) is 18.1 Å². The number of hydrogen-bond donors (Lipinski definition) is 2. The molecular weight excluding hydrogens is 220 g/mol. The number of benzene rings is 1. The summed E-state index contributed by atoms with van der Waals surface area (Å²) in [7, 11) is 0. The van der Waals surface area contributed by atoms with E-state index >= 15 is 0 Å². The van der Waals surface area contributed by atoms with Crippen LogP contribution in [0.3, 0.4) is 0 Å². The van der Waals surface area contributed by atoms with Gasteiger partial charge < -0.3 is 14.9 Å². The minimum Gasteiger partial charge on any atom is -0.456 e. The Morgan fingerprint density at radius 1 is 1.24 bits per heavy atom. The van der Waals surface area contributed by atoms with E-state index in [1.54, 1.807) is 30.3 Å². The van der Waals surface area contributed by atoms with Crippen molar-refractivity contribution in [3.8, 4) is 0 Å². The third kappa shape index (κ3) is 2.72. The Labute approximate surface area is 99.2 Å². The molecule has 0 bridgehead atoms. The summed E-state index contributed by atoms with van der Waals surface area (Å²) in [5, 5.41) is 19.9. The fraction of sp³-hybridized carbons (Fsp3) is 0.308. The van der Waals surface area contributed by atoms with Crippen molar-refractivity contribution in [2.75, 3.05) is 0 Å². The molecule has 0 fully saturated rings. The van der Waals surface area contributed by atoms with Crippen LogP contribution in [0.15, 0.2) is 42.5 Å². The molecule has 0 saturated heterocycles. The zero-order chi connectivity index (χ0) is 12.3. The third-order valence-corrected chi connectivity index (χ3v) is 2.74. The zero-order valence-corrected chi connectivity index (χ0v) is 9.19. The van der Waals surface area contributed by atoms with Gasteiger partial charge in [0.25, 0.3) is 0 Å². The maximum atomic E-state index is 11.0. The van der Waals surface area contributed by atoms with Crippen molar-refractivity contribution < 1.29 is 19.7 Å². The van der Waals surface area contributed by atoms with E-state index in [1.807, 2.05) is 6.07 Å². The predicted octanol–water partition coefficient (Wildman–Crippen LogP) is 0.953. The molecule has 0 spiro atoms. The van der Waals surface area contributed by atoms with E-state index in [2.05, 4.69) is 0 Å². The van der Waals surface area contributed by atoms with Crippen LogP contribution in [0.25, 0.3) is 0 Å². The lowest BCUT2D eigenvalue weighted by molar-refractivity contribution is -0.155. The van der Waals surface area contributed by atoms with Crippen LogP contribution in [-0.2, 0) is 9.53 Å². The van der Waals surface area contributed by atoms with Crippen molar-refractivity contribution in [2.24, 2.45) is 0 Å². The van der Waals surface area contributed by atoms with Crippen LogP contribution in [0.4, 0.5) is 0 Å². The van der Waals surface area contributed by atoms with Crippen LogP contribution >= 0.6 is 0 Å². The first kappa shape index (κ1) is 11.8. The maximum absolute atomic E-state index is 11.0. The molecule has 3 atom stereocenters. The summed E-state index contributed by atoms with van der Waals surface area (Å²) in [5.74, 6) is -0.486. The van der Waals surface area contributed by atoms with Gasteiger partial charge in [0.05, 0.1) is 0 Å². The first-order valence-corrected chi connectivity index (χ1v) is 5.46. The van der Waals surface area contributed by atoms with Crippen molar-refractivity contribution in [3.63, 3.8) is 0 Å². The van der Waals surface area contributed by atoms with Gasteiger partial charge in [-0.25, -0.2) is 4.79 Å². The highest BCUT2D eigenvalue weighted by molar-refractivity contribution is 5.82. The molecule has 4 nitrogen and oxygen atoms in total. The Balaban J connectivity index is 2.07. The van der Waals surface area contributed by atoms with Gasteiger partial charge in [-0.15, -0.1) is 0 Å². The Hall–Kier alpha value is -1.65. The molecular formula is C13H14O4. The highest BCUT2D eigenvalue weighted by Gasteiger charge is 2.30. The highest BCUT2D eigenvalue weighted by Crippen LogP contribution is 2.23. The molecule has 0 amide bonds. The molecule has 2 N–H and O–H groups in total. The SMILES string of the molecule is O=C1C=CCC([C@H](O)C(O)c2ccccc2)O1. The molecule has 1 aromatic carbocycles. The molecule has 1 aromatic rings. The highest BCUT2D eigenvalue weighted by atomic mass is 16.6. The monoisotopic (exact) mass is 234 g/mol. The smallest absolute Gasteiger partial charge is 0.330 e. The maximum Gasteiger partial charge on any atom is 0.330 e. The fourth-order valence-corrected chi connectivity index (χ4v) is 1.79. The van der Waals surface area contributed by atoms with E-state index in [0.717, 1.165) is 0 Å². The second-order valence-electron chi connectivity index (χ2n) is 3.96. The Morgan fingerprint density at radius 2 is 1.94 bits per heavy atom. The minimum absolute atomic E-state index is 0.413. The van der Waals surface area contributed by atoms with Crippen molar-refractivity contribution in [2.45, 2.75) is 24.7 Å². The molecule has 2 rings (SSSR count). The summed E-state index contributed by atoms with van der Waals surface area (Å²) in [6.07, 6.45) is 0.501. The number of esters is 1. The largest absolute Gasteiger partial charge is 0.456 e. The number of carbonyl (C=O) groups is 1. The number of carbonyl (C=O) groups excluding carboxylic acids is 1. The number of rotatable bonds is 3. The Bertz CT molecular complexity index is 413. The lowest BCUT2D eigenvalue weighted by Crippen LogP contribution is -2.36. The number of ether oxygens (including phenoxy) is 1. The van der Waals surface area contributed by atoms with E-state index < -0.39 is 24.3 Å². The average Bonchev–Trinajstić information content (AvgIpc) is 2.38. The molecule has 1 aliphatic rings. The van der Waals surface area contributed by atoms with Gasteiger partial charge in [-0.2, -0.15) is 0 Å². The van der Waals surface area contributed by atoms with E-state index in [4.69, 9.17) is 4.74 Å². The van der Waals surface area contributed by atoms with Gasteiger partial charge in [-0.3, -0.25) is 0 Å². The normalized spacial score (nSPS) is 22.9. The molecule has 0 aromatic heterocycles. The van der Waals surface area contributed by atoms with E-state index in [9.17, 15) is 15.0 Å². The summed E-state index contributed by atoms with van der Waals surface area (Å²) in [4.78, 5) is 11.0. The second-order valence-corrected chi connectivity index (χ2v) is 3.96. The minimum atomic E-state index is -1.12. The molecule has 90 valence electrons. The lowest BCUT2D eigenvalue weighted by atomic mass is 9.98. The lowest BCUT2D eigenvalue weighted by Gasteiger charge is -2.27. The van der Waals surface area contributed by atoms with Crippen molar-refractivity contribution in [1.29, 1.82) is 0 Å². The van der Waals surface area contributed by atoms with Crippen LogP contribution < -0.4 is 0 Å². The molecule has 4 heteroatoms. The van der Waals surface area contributed by atoms with Crippen LogP contribution in [-0.4, -0.2) is 28.4 Å². The zero-order valence-electron chi connectivity index (χ0n) is 9.19. The standard InChI is InChI=1S/C13H14O4/c14-11-8-4-7-10(17-11)13(16)12(15)9-5-2-1-3-6-9/h1-6,8,10,12-13,15-16H,7H2/t10?,12?,13-/m0/s1. The summed E-state index contributed by atoms with van der Waals surface area (Å²) >= 11 is 0. The Kier molecular flexibility index (Phi) is 3.56. The number of aliphatic hydroxyl groups is 2. The molecule has 0 radical (unpaired) electrons. The molecule has 17 heavy (non-hydrogen) atoms. The fourth-order valence-electron chi connectivity index (χ4n) is 1.79. The quantitative estimate of drug-likeness (QED) is 0.764. The number of hydrogen-bond acceptors (Lipinski definition) is 4. The average molecular weight is 234 g/mol. The molecule has 2 unspecified atom stereocenters. The molecule has 1 aliphatic heterocycles. The van der Waals surface area contributed by atoms with E-state index in [1.165, 1.54) is 6.08 Å². The molecule has 1 heterocycles. The topological polar surface area (TPSA) is 66.8 Å². The summed E-state index contributed by atoms with van der Waals surface area (Å²) < 4.78 is 4.95. The van der Waals surface area contributed by atoms with Gasteiger partial charge in [-0.05, 0) is 5.56 Å². The Morgan fingerprint density at radius 3 is 2.59 bits per heavy atom. The van der Waals surface area contributed by atoms with Crippen molar-refractivity contribution in [1.82, 2.24) is 0 Å². The molecule has 0 aliphatic carbocycles. The van der Waals surface area contributed by atoms with Crippen LogP contribution in [0, 0.1) is 0 Å². The van der Waals surface area contributed by atoms with Crippen molar-refractivity contribution >= 4 is 5.97 Å². The first-order chi connectivity index (χ1) is 8.18. The van der Waals surface area contributed by atoms with Gasteiger partial charge in [-0.1, -0.05) is 36.4 Å². The van der Waals surface area contributed by atoms with E-state index in [-0.39, 0.29) is 0 Å². The number of aliphatic hydroxyl groups excluding tert-OH is 2. The first-order valence-electron chi connectivity index (χ1n) is 5.46. The van der Waals surface area contributed by atoms with Gasteiger partial charge in [0.2, 0.25) is 0 Å². The number of cyclic esters (lactones) is 1. The van der Waals surface area contributed by atoms with Gasteiger partial charge in [0.1, 0.15) is 18.3 Å². The van der Waals surface area contributed by atoms with Crippen LogP contribution in [0.2, 0.25) is 0 Å².